The molecule has 0 aliphatic rings. The van der Waals surface area contributed by atoms with Gasteiger partial charge in [0.15, 0.2) is 0 Å². The van der Waals surface area contributed by atoms with Gasteiger partial charge in [-0.25, -0.2) is 13.6 Å². The summed E-state index contributed by atoms with van der Waals surface area (Å²) in [5, 5.41) is 6.77. The minimum atomic E-state index is -0.439. The molecule has 1 N–H and O–H groups in total. The number of anilines is 1. The predicted molar refractivity (Wildman–Crippen MR) is 122 cm³/mol. The van der Waals surface area contributed by atoms with Gasteiger partial charge in [0, 0.05) is 16.8 Å². The lowest BCUT2D eigenvalue weighted by atomic mass is 10.0. The molecule has 3 aromatic carbocycles. The van der Waals surface area contributed by atoms with Gasteiger partial charge in [-0.05, 0) is 42.8 Å². The summed E-state index contributed by atoms with van der Waals surface area (Å²) in [5.74, 6) is -0.716. The molecule has 4 rings (SSSR count). The Hall–Kier alpha value is -3.65. The van der Waals surface area contributed by atoms with E-state index in [1.807, 2.05) is 0 Å². The molecule has 0 radical (unpaired) electrons. The Kier molecular flexibility index (Phi) is 6.23. The summed E-state index contributed by atoms with van der Waals surface area (Å²) in [5.41, 5.74) is 3.42. The molecule has 0 bridgehead atoms. The summed E-state index contributed by atoms with van der Waals surface area (Å²) in [4.78, 5) is 12.6. The third-order valence-corrected chi connectivity index (χ3v) is 5.60. The van der Waals surface area contributed by atoms with Crippen molar-refractivity contribution in [3.63, 3.8) is 0 Å². The van der Waals surface area contributed by atoms with Crippen LogP contribution in [0.1, 0.15) is 18.5 Å². The van der Waals surface area contributed by atoms with Crippen LogP contribution in [0, 0.1) is 11.6 Å². The second kappa shape index (κ2) is 9.23. The predicted octanol–water partition coefficient (Wildman–Crippen LogP) is 6.73. The quantitative estimate of drug-likeness (QED) is 0.331. The maximum absolute atomic E-state index is 14.2. The number of halogens is 2. The van der Waals surface area contributed by atoms with Gasteiger partial charge >= 0.3 is 6.03 Å². The van der Waals surface area contributed by atoms with Crippen molar-refractivity contribution in [3.05, 3.63) is 96.3 Å². The summed E-state index contributed by atoms with van der Waals surface area (Å²) < 4.78 is 33.6. The molecule has 2 amide bonds. The highest BCUT2D eigenvalue weighted by Crippen LogP contribution is 2.33. The van der Waals surface area contributed by atoms with Crippen LogP contribution < -0.4 is 5.32 Å². The number of benzene rings is 3. The molecule has 32 heavy (non-hydrogen) atoms. The summed E-state index contributed by atoms with van der Waals surface area (Å²) in [6, 6.07) is 18.4. The number of carbonyl (C=O) groups is 1. The monoisotopic (exact) mass is 451 g/mol. The van der Waals surface area contributed by atoms with Crippen molar-refractivity contribution >= 4 is 24.5 Å². The second-order valence-electron chi connectivity index (χ2n) is 7.14. The molecule has 162 valence electrons. The van der Waals surface area contributed by atoms with Gasteiger partial charge in [0.05, 0.1) is 11.6 Å². The average molecular weight is 451 g/mol. The molecule has 1 aromatic heterocycles. The maximum Gasteiger partial charge on any atom is 0.332 e. The smallest absolute Gasteiger partial charge is 0.332 e. The van der Waals surface area contributed by atoms with Gasteiger partial charge in [-0.15, -0.1) is 0 Å². The summed E-state index contributed by atoms with van der Waals surface area (Å²) >= 11 is 4.29. The molecule has 4 aromatic rings. The zero-order valence-electron chi connectivity index (χ0n) is 17.0. The molecule has 0 aliphatic carbocycles. The zero-order chi connectivity index (χ0) is 22.7. The van der Waals surface area contributed by atoms with E-state index in [2.05, 4.69) is 23.3 Å². The van der Waals surface area contributed by atoms with E-state index in [1.165, 1.54) is 28.8 Å². The second-order valence-corrected chi connectivity index (χ2v) is 7.57. The van der Waals surface area contributed by atoms with Crippen molar-refractivity contribution in [2.45, 2.75) is 13.0 Å². The van der Waals surface area contributed by atoms with E-state index in [4.69, 9.17) is 4.52 Å². The SMILES string of the molecule is CC(c1ccc(F)cc1)N(S)C(=O)Nc1ccc(-c2nocc2-c2ccccc2F)cc1. The first-order valence-electron chi connectivity index (χ1n) is 9.78. The number of urea groups is 1. The standard InChI is InChI=1S/C24H19F2N3O2S/c1-15(16-6-10-18(25)11-7-16)29(32)24(30)27-19-12-8-17(9-13-19)23-21(14-31-28-23)20-4-2-3-5-22(20)26/h2-15,32H,1H3,(H,27,30). The van der Waals surface area contributed by atoms with Crippen molar-refractivity contribution in [1.82, 2.24) is 9.46 Å². The van der Waals surface area contributed by atoms with Crippen LogP contribution in [-0.4, -0.2) is 15.5 Å². The minimum Gasteiger partial charge on any atom is -0.363 e. The number of hydrogen-bond donors (Lipinski definition) is 2. The first kappa shape index (κ1) is 21.6. The molecule has 0 fully saturated rings. The van der Waals surface area contributed by atoms with E-state index in [-0.39, 0.29) is 17.7 Å². The molecule has 0 saturated carbocycles. The summed E-state index contributed by atoms with van der Waals surface area (Å²) in [6.45, 7) is 1.79. The highest BCUT2D eigenvalue weighted by Gasteiger charge is 2.19. The number of hydrogen-bond acceptors (Lipinski definition) is 4. The van der Waals surface area contributed by atoms with Crippen LogP contribution >= 0.6 is 12.8 Å². The molecule has 0 saturated heterocycles. The third-order valence-electron chi connectivity index (χ3n) is 5.07. The molecule has 0 aliphatic heterocycles. The first-order chi connectivity index (χ1) is 15.4. The number of nitrogens with one attached hydrogen (secondary N) is 1. The lowest BCUT2D eigenvalue weighted by molar-refractivity contribution is 0.232. The fourth-order valence-electron chi connectivity index (χ4n) is 3.27. The van der Waals surface area contributed by atoms with E-state index < -0.39 is 6.03 Å². The Morgan fingerprint density at radius 1 is 1.00 bits per heavy atom. The molecule has 1 heterocycles. The van der Waals surface area contributed by atoms with E-state index in [0.717, 1.165) is 5.56 Å². The number of carbonyl (C=O) groups excluding carboxylic acids is 1. The van der Waals surface area contributed by atoms with E-state index in [0.29, 0.717) is 28.1 Å². The highest BCUT2D eigenvalue weighted by atomic mass is 32.1. The van der Waals surface area contributed by atoms with Crippen molar-refractivity contribution < 1.29 is 18.1 Å². The van der Waals surface area contributed by atoms with Crippen LogP contribution in [0.3, 0.4) is 0 Å². The Morgan fingerprint density at radius 3 is 2.38 bits per heavy atom. The van der Waals surface area contributed by atoms with Crippen LogP contribution in [0.15, 0.2) is 83.6 Å². The number of amides is 2. The molecule has 5 nitrogen and oxygen atoms in total. The van der Waals surface area contributed by atoms with E-state index in [9.17, 15) is 13.6 Å². The highest BCUT2D eigenvalue weighted by molar-refractivity contribution is 7.78. The van der Waals surface area contributed by atoms with Crippen molar-refractivity contribution in [3.8, 4) is 22.4 Å². The molecular formula is C24H19F2N3O2S. The van der Waals surface area contributed by atoms with Gasteiger partial charge in [0.1, 0.15) is 23.6 Å². The summed E-state index contributed by atoms with van der Waals surface area (Å²) in [7, 11) is 0. The fourth-order valence-corrected chi connectivity index (χ4v) is 3.45. The van der Waals surface area contributed by atoms with Crippen LogP contribution in [0.4, 0.5) is 19.3 Å². The number of rotatable bonds is 5. The Bertz CT molecular complexity index is 1230. The molecule has 8 heteroatoms. The molecule has 1 atom stereocenters. The topological polar surface area (TPSA) is 58.4 Å². The Balaban J connectivity index is 1.48. The average Bonchev–Trinajstić information content (AvgIpc) is 3.29. The normalized spacial score (nSPS) is 11.8. The van der Waals surface area contributed by atoms with Crippen molar-refractivity contribution in [2.75, 3.05) is 5.32 Å². The number of thiol groups is 1. The lowest BCUT2D eigenvalue weighted by Crippen LogP contribution is -2.29. The zero-order valence-corrected chi connectivity index (χ0v) is 17.9. The van der Waals surface area contributed by atoms with Gasteiger partial charge in [0.2, 0.25) is 0 Å². The van der Waals surface area contributed by atoms with Crippen LogP contribution in [-0.2, 0) is 0 Å². The van der Waals surface area contributed by atoms with Crippen molar-refractivity contribution in [2.24, 2.45) is 0 Å². The maximum atomic E-state index is 14.2. The van der Waals surface area contributed by atoms with E-state index in [1.54, 1.807) is 61.5 Å². The minimum absolute atomic E-state index is 0.346. The van der Waals surface area contributed by atoms with Gasteiger partial charge in [0.25, 0.3) is 0 Å². The number of aromatic nitrogens is 1. The Labute approximate surface area is 189 Å². The molecule has 0 spiro atoms. The summed E-state index contributed by atoms with van der Waals surface area (Å²) in [6.07, 6.45) is 1.40. The molecule has 1 unspecified atom stereocenters. The van der Waals surface area contributed by atoms with Crippen molar-refractivity contribution in [1.29, 1.82) is 0 Å². The van der Waals surface area contributed by atoms with E-state index >= 15 is 0 Å². The Morgan fingerprint density at radius 2 is 1.69 bits per heavy atom. The number of nitrogens with zero attached hydrogens (tertiary/aromatic N) is 2. The van der Waals surface area contributed by atoms with Gasteiger partial charge in [-0.1, -0.05) is 60.4 Å². The van der Waals surface area contributed by atoms with Gasteiger partial charge < -0.3 is 9.84 Å². The van der Waals surface area contributed by atoms with Crippen LogP contribution in [0.5, 0.6) is 0 Å². The van der Waals surface area contributed by atoms with Crippen LogP contribution in [0.2, 0.25) is 0 Å². The lowest BCUT2D eigenvalue weighted by Gasteiger charge is -2.24. The third kappa shape index (κ3) is 4.50. The van der Waals surface area contributed by atoms with Gasteiger partial charge in [-0.2, -0.15) is 0 Å². The largest absolute Gasteiger partial charge is 0.363 e. The fraction of sp³-hybridized carbons (Fsp3) is 0.0833. The van der Waals surface area contributed by atoms with Gasteiger partial charge in [-0.3, -0.25) is 4.31 Å². The van der Waals surface area contributed by atoms with Crippen LogP contribution in [0.25, 0.3) is 22.4 Å². The molecular weight excluding hydrogens is 432 g/mol. The first-order valence-corrected chi connectivity index (χ1v) is 10.2.